The molecule has 0 aliphatic carbocycles. The Kier molecular flexibility index (Phi) is 3.81. The highest BCUT2D eigenvalue weighted by Crippen LogP contribution is 2.21. The van der Waals surface area contributed by atoms with Crippen LogP contribution >= 0.6 is 11.3 Å². The van der Waals surface area contributed by atoms with E-state index in [1.54, 1.807) is 24.7 Å². The Morgan fingerprint density at radius 2 is 2.39 bits per heavy atom. The number of rotatable bonds is 5. The fourth-order valence-corrected chi connectivity index (χ4v) is 3.86. The summed E-state index contributed by atoms with van der Waals surface area (Å²) in [4.78, 5) is 6.85. The number of nitrogens with zero attached hydrogens (tertiary/aromatic N) is 1. The van der Waals surface area contributed by atoms with Crippen LogP contribution < -0.4 is 4.72 Å². The number of aromatic amines is 1. The Morgan fingerprint density at radius 1 is 1.61 bits per heavy atom. The maximum absolute atomic E-state index is 12.0. The van der Waals surface area contributed by atoms with Crippen molar-refractivity contribution < 1.29 is 13.5 Å². The third-order valence-electron chi connectivity index (χ3n) is 2.34. The standard InChI is InChI=1S/C10H13N3O3S2/c1-7(10-11-2-3-12-10)13-18(15,16)9-4-8(5-14)6-17-9/h2-4,6-7,13-14H,5H2,1H3,(H,11,12). The van der Waals surface area contributed by atoms with Gasteiger partial charge in [0.2, 0.25) is 0 Å². The van der Waals surface area contributed by atoms with Gasteiger partial charge in [0.05, 0.1) is 12.6 Å². The van der Waals surface area contributed by atoms with Crippen molar-refractivity contribution >= 4 is 21.4 Å². The largest absolute Gasteiger partial charge is 0.392 e. The summed E-state index contributed by atoms with van der Waals surface area (Å²) in [6, 6.07) is 1.02. The van der Waals surface area contributed by atoms with E-state index < -0.39 is 16.1 Å². The van der Waals surface area contributed by atoms with E-state index in [0.29, 0.717) is 11.4 Å². The molecule has 18 heavy (non-hydrogen) atoms. The van der Waals surface area contributed by atoms with Crippen molar-refractivity contribution in [1.29, 1.82) is 0 Å². The molecule has 2 heterocycles. The molecule has 1 unspecified atom stereocenters. The van der Waals surface area contributed by atoms with Gasteiger partial charge in [0.15, 0.2) is 0 Å². The summed E-state index contributed by atoms with van der Waals surface area (Å²) >= 11 is 1.08. The molecule has 0 aliphatic rings. The van der Waals surface area contributed by atoms with E-state index in [1.807, 2.05) is 0 Å². The van der Waals surface area contributed by atoms with Gasteiger partial charge in [-0.2, -0.15) is 0 Å². The molecular weight excluding hydrogens is 274 g/mol. The topological polar surface area (TPSA) is 95.1 Å². The van der Waals surface area contributed by atoms with Gasteiger partial charge >= 0.3 is 0 Å². The average molecular weight is 287 g/mol. The molecule has 6 nitrogen and oxygen atoms in total. The van der Waals surface area contributed by atoms with E-state index in [-0.39, 0.29) is 10.8 Å². The molecule has 0 radical (unpaired) electrons. The summed E-state index contributed by atoms with van der Waals surface area (Å²) < 4.78 is 26.8. The first-order valence-electron chi connectivity index (χ1n) is 5.23. The van der Waals surface area contributed by atoms with Crippen molar-refractivity contribution in [2.24, 2.45) is 0 Å². The van der Waals surface area contributed by atoms with E-state index in [1.165, 1.54) is 6.07 Å². The zero-order valence-electron chi connectivity index (χ0n) is 9.62. The first kappa shape index (κ1) is 13.2. The van der Waals surface area contributed by atoms with Crippen LogP contribution in [0.15, 0.2) is 28.0 Å². The van der Waals surface area contributed by atoms with E-state index in [4.69, 9.17) is 5.11 Å². The molecule has 0 saturated carbocycles. The number of hydrogen-bond donors (Lipinski definition) is 3. The second-order valence-electron chi connectivity index (χ2n) is 3.75. The van der Waals surface area contributed by atoms with Gasteiger partial charge in [-0.15, -0.1) is 11.3 Å². The number of aliphatic hydroxyl groups is 1. The summed E-state index contributed by atoms with van der Waals surface area (Å²) in [6.45, 7) is 1.54. The Balaban J connectivity index is 2.17. The number of H-pyrrole nitrogens is 1. The summed E-state index contributed by atoms with van der Waals surface area (Å²) in [6.07, 6.45) is 3.20. The van der Waals surface area contributed by atoms with Gasteiger partial charge < -0.3 is 10.1 Å². The zero-order chi connectivity index (χ0) is 13.2. The monoisotopic (exact) mass is 287 g/mol. The lowest BCUT2D eigenvalue weighted by Crippen LogP contribution is -2.26. The Hall–Kier alpha value is -1.22. The fourth-order valence-electron chi connectivity index (χ4n) is 1.44. The number of sulfonamides is 1. The van der Waals surface area contributed by atoms with Crippen molar-refractivity contribution in [3.05, 3.63) is 35.2 Å². The summed E-state index contributed by atoms with van der Waals surface area (Å²) in [7, 11) is -3.58. The number of imidazole rings is 1. The van der Waals surface area contributed by atoms with Crippen LogP contribution in [0.25, 0.3) is 0 Å². The predicted octanol–water partition coefficient (Wildman–Crippen LogP) is 1.00. The molecule has 2 aromatic heterocycles. The van der Waals surface area contributed by atoms with Crippen LogP contribution in [0.5, 0.6) is 0 Å². The van der Waals surface area contributed by atoms with E-state index in [9.17, 15) is 8.42 Å². The van der Waals surface area contributed by atoms with Crippen molar-refractivity contribution in [2.45, 2.75) is 23.8 Å². The Bertz CT molecular complexity index is 604. The predicted molar refractivity (Wildman–Crippen MR) is 67.6 cm³/mol. The molecule has 0 fully saturated rings. The van der Waals surface area contributed by atoms with Crippen LogP contribution in [0.4, 0.5) is 0 Å². The number of aliphatic hydroxyl groups excluding tert-OH is 1. The second kappa shape index (κ2) is 5.19. The van der Waals surface area contributed by atoms with E-state index in [0.717, 1.165) is 11.3 Å². The van der Waals surface area contributed by atoms with E-state index in [2.05, 4.69) is 14.7 Å². The molecule has 0 bridgehead atoms. The van der Waals surface area contributed by atoms with Gasteiger partial charge in [-0.1, -0.05) is 0 Å². The van der Waals surface area contributed by atoms with Crippen LogP contribution in [0.1, 0.15) is 24.4 Å². The number of nitrogens with one attached hydrogen (secondary N) is 2. The molecule has 2 rings (SSSR count). The van der Waals surface area contributed by atoms with Crippen LogP contribution in [0.2, 0.25) is 0 Å². The fraction of sp³-hybridized carbons (Fsp3) is 0.300. The van der Waals surface area contributed by atoms with Gasteiger partial charge in [-0.05, 0) is 23.9 Å². The molecule has 2 aromatic rings. The quantitative estimate of drug-likeness (QED) is 0.764. The third kappa shape index (κ3) is 2.78. The highest BCUT2D eigenvalue weighted by Gasteiger charge is 2.21. The molecule has 0 amide bonds. The van der Waals surface area contributed by atoms with Gasteiger partial charge in [0.1, 0.15) is 10.0 Å². The highest BCUT2D eigenvalue weighted by molar-refractivity contribution is 7.91. The van der Waals surface area contributed by atoms with Crippen LogP contribution in [-0.4, -0.2) is 23.5 Å². The minimum absolute atomic E-state index is 0.167. The lowest BCUT2D eigenvalue weighted by molar-refractivity contribution is 0.282. The molecule has 3 N–H and O–H groups in total. The van der Waals surface area contributed by atoms with Gasteiger partial charge in [-0.3, -0.25) is 0 Å². The van der Waals surface area contributed by atoms with E-state index >= 15 is 0 Å². The van der Waals surface area contributed by atoms with Crippen molar-refractivity contribution in [3.8, 4) is 0 Å². The molecule has 8 heteroatoms. The van der Waals surface area contributed by atoms with Crippen molar-refractivity contribution in [1.82, 2.24) is 14.7 Å². The van der Waals surface area contributed by atoms with Gasteiger partial charge in [0.25, 0.3) is 10.0 Å². The smallest absolute Gasteiger partial charge is 0.250 e. The normalized spacial score (nSPS) is 13.7. The summed E-state index contributed by atoms with van der Waals surface area (Å²) in [5.74, 6) is 0.553. The molecule has 0 aliphatic heterocycles. The lowest BCUT2D eigenvalue weighted by Gasteiger charge is -2.10. The zero-order valence-corrected chi connectivity index (χ0v) is 11.3. The molecule has 0 spiro atoms. The minimum Gasteiger partial charge on any atom is -0.392 e. The maximum Gasteiger partial charge on any atom is 0.250 e. The molecule has 1 atom stereocenters. The third-order valence-corrected chi connectivity index (χ3v) is 5.37. The first-order valence-corrected chi connectivity index (χ1v) is 7.59. The van der Waals surface area contributed by atoms with Crippen molar-refractivity contribution in [2.75, 3.05) is 0 Å². The van der Waals surface area contributed by atoms with Crippen LogP contribution in [0, 0.1) is 0 Å². The summed E-state index contributed by atoms with van der Waals surface area (Å²) in [5.41, 5.74) is 0.589. The SMILES string of the molecule is CC(NS(=O)(=O)c1cc(CO)cs1)c1ncc[nH]1. The van der Waals surface area contributed by atoms with Crippen LogP contribution in [0.3, 0.4) is 0 Å². The van der Waals surface area contributed by atoms with Crippen LogP contribution in [-0.2, 0) is 16.6 Å². The average Bonchev–Trinajstić information content (AvgIpc) is 3.00. The number of thiophene rings is 1. The molecule has 0 aromatic carbocycles. The highest BCUT2D eigenvalue weighted by atomic mass is 32.2. The second-order valence-corrected chi connectivity index (χ2v) is 6.60. The molecule has 98 valence electrons. The van der Waals surface area contributed by atoms with Crippen molar-refractivity contribution in [3.63, 3.8) is 0 Å². The number of hydrogen-bond acceptors (Lipinski definition) is 5. The van der Waals surface area contributed by atoms with Gasteiger partial charge in [0, 0.05) is 12.4 Å². The molecule has 0 saturated heterocycles. The maximum atomic E-state index is 12.0. The Morgan fingerprint density at radius 3 is 2.94 bits per heavy atom. The lowest BCUT2D eigenvalue weighted by atomic mass is 10.3. The Labute approximate surface area is 109 Å². The molecular formula is C10H13N3O3S2. The first-order chi connectivity index (χ1) is 8.53. The summed E-state index contributed by atoms with van der Waals surface area (Å²) in [5, 5.41) is 10.5. The minimum atomic E-state index is -3.58. The van der Waals surface area contributed by atoms with Gasteiger partial charge in [-0.25, -0.2) is 18.1 Å². The number of aromatic nitrogens is 2.